The van der Waals surface area contributed by atoms with Crippen LogP contribution < -0.4 is 16.6 Å². The fourth-order valence-electron chi connectivity index (χ4n) is 1.36. The molecule has 0 saturated carbocycles. The zero-order valence-electron chi connectivity index (χ0n) is 10.8. The molecule has 0 aliphatic rings. The van der Waals surface area contributed by atoms with Crippen molar-refractivity contribution in [2.75, 3.05) is 11.9 Å². The number of nitrogens with zero attached hydrogens (tertiary/aromatic N) is 1. The fourth-order valence-corrected chi connectivity index (χ4v) is 1.36. The summed E-state index contributed by atoms with van der Waals surface area (Å²) in [6.07, 6.45) is -4.43. The molecule has 0 saturated heterocycles. The number of aliphatic imine (C=N–C) groups is 1. The molecular weight excluding hydrogens is 257 g/mol. The zero-order chi connectivity index (χ0) is 14.5. The van der Waals surface area contributed by atoms with E-state index < -0.39 is 11.7 Å². The van der Waals surface area contributed by atoms with Crippen LogP contribution in [0.3, 0.4) is 0 Å². The number of hydrogen-bond acceptors (Lipinski definition) is 2. The third-order valence-electron chi connectivity index (χ3n) is 2.24. The Labute approximate surface area is 109 Å². The Hall–Kier alpha value is -1.76. The van der Waals surface area contributed by atoms with E-state index in [1.807, 2.05) is 13.8 Å². The molecule has 1 aromatic carbocycles. The molecule has 0 spiro atoms. The molecule has 1 rings (SSSR count). The van der Waals surface area contributed by atoms with Gasteiger partial charge >= 0.3 is 6.18 Å². The van der Waals surface area contributed by atoms with Gasteiger partial charge in [0.1, 0.15) is 0 Å². The largest absolute Gasteiger partial charge is 0.418 e. The maximum absolute atomic E-state index is 12.8. The van der Waals surface area contributed by atoms with E-state index in [4.69, 9.17) is 5.84 Å². The van der Waals surface area contributed by atoms with Crippen molar-refractivity contribution in [3.05, 3.63) is 29.8 Å². The van der Waals surface area contributed by atoms with Gasteiger partial charge in [0.25, 0.3) is 0 Å². The summed E-state index contributed by atoms with van der Waals surface area (Å²) >= 11 is 0. The van der Waals surface area contributed by atoms with Gasteiger partial charge in [-0.05, 0) is 18.1 Å². The van der Waals surface area contributed by atoms with Crippen LogP contribution in [-0.2, 0) is 6.18 Å². The van der Waals surface area contributed by atoms with Crippen molar-refractivity contribution in [2.24, 2.45) is 16.8 Å². The van der Waals surface area contributed by atoms with Gasteiger partial charge in [0.2, 0.25) is 5.96 Å². The first-order valence-electron chi connectivity index (χ1n) is 5.79. The third-order valence-corrected chi connectivity index (χ3v) is 2.24. The van der Waals surface area contributed by atoms with Crippen LogP contribution in [0, 0.1) is 5.92 Å². The number of guanidine groups is 1. The van der Waals surface area contributed by atoms with Gasteiger partial charge in [-0.15, -0.1) is 0 Å². The van der Waals surface area contributed by atoms with E-state index in [1.54, 1.807) is 0 Å². The van der Waals surface area contributed by atoms with Crippen LogP contribution in [-0.4, -0.2) is 12.5 Å². The molecule has 0 fully saturated rings. The summed E-state index contributed by atoms with van der Waals surface area (Å²) in [4.78, 5) is 4.06. The number of rotatable bonds is 3. The highest BCUT2D eigenvalue weighted by atomic mass is 19.4. The lowest BCUT2D eigenvalue weighted by molar-refractivity contribution is -0.136. The van der Waals surface area contributed by atoms with Crippen LogP contribution in [0.4, 0.5) is 18.9 Å². The van der Waals surface area contributed by atoms with Crippen molar-refractivity contribution in [2.45, 2.75) is 20.0 Å². The molecule has 0 radical (unpaired) electrons. The fraction of sp³-hybridized carbons (Fsp3) is 0.417. The first kappa shape index (κ1) is 15.3. The van der Waals surface area contributed by atoms with Gasteiger partial charge < -0.3 is 5.32 Å². The Kier molecular flexibility index (Phi) is 5.17. The van der Waals surface area contributed by atoms with Crippen molar-refractivity contribution in [1.82, 2.24) is 5.43 Å². The molecule has 0 aliphatic carbocycles. The van der Waals surface area contributed by atoms with Crippen LogP contribution in [0.5, 0.6) is 0 Å². The minimum Gasteiger partial charge on any atom is -0.325 e. The van der Waals surface area contributed by atoms with Crippen LogP contribution in [0.15, 0.2) is 29.3 Å². The Morgan fingerprint density at radius 1 is 1.32 bits per heavy atom. The number of hydrogen-bond donors (Lipinski definition) is 3. The Morgan fingerprint density at radius 3 is 2.47 bits per heavy atom. The van der Waals surface area contributed by atoms with Gasteiger partial charge in [-0.25, -0.2) is 5.84 Å². The molecule has 0 amide bonds. The summed E-state index contributed by atoms with van der Waals surface area (Å²) in [5, 5.41) is 2.55. The van der Waals surface area contributed by atoms with E-state index in [9.17, 15) is 13.2 Å². The third kappa shape index (κ3) is 4.78. The van der Waals surface area contributed by atoms with Crippen LogP contribution >= 0.6 is 0 Å². The van der Waals surface area contributed by atoms with E-state index >= 15 is 0 Å². The molecule has 4 N–H and O–H groups in total. The van der Waals surface area contributed by atoms with Crippen molar-refractivity contribution in [1.29, 1.82) is 0 Å². The number of anilines is 1. The van der Waals surface area contributed by atoms with Crippen LogP contribution in [0.25, 0.3) is 0 Å². The number of benzene rings is 1. The lowest BCUT2D eigenvalue weighted by Gasteiger charge is -2.15. The molecule has 4 nitrogen and oxygen atoms in total. The monoisotopic (exact) mass is 274 g/mol. The summed E-state index contributed by atoms with van der Waals surface area (Å²) in [5.74, 6) is 5.62. The number of para-hydroxylation sites is 1. The van der Waals surface area contributed by atoms with Crippen molar-refractivity contribution in [3.8, 4) is 0 Å². The second kappa shape index (κ2) is 6.42. The van der Waals surface area contributed by atoms with E-state index in [0.717, 1.165) is 6.07 Å². The quantitative estimate of drug-likeness (QED) is 0.343. The predicted molar refractivity (Wildman–Crippen MR) is 69.5 cm³/mol. The molecular formula is C12H17F3N4. The maximum atomic E-state index is 12.8. The van der Waals surface area contributed by atoms with Gasteiger partial charge in [0.05, 0.1) is 11.3 Å². The van der Waals surface area contributed by atoms with E-state index in [-0.39, 0.29) is 17.6 Å². The van der Waals surface area contributed by atoms with Crippen molar-refractivity contribution in [3.63, 3.8) is 0 Å². The van der Waals surface area contributed by atoms with E-state index in [2.05, 4.69) is 15.7 Å². The van der Waals surface area contributed by atoms with Gasteiger partial charge in [-0.3, -0.25) is 10.4 Å². The average Bonchev–Trinajstić information content (AvgIpc) is 2.33. The Balaban J connectivity index is 2.95. The highest BCUT2D eigenvalue weighted by molar-refractivity contribution is 5.94. The van der Waals surface area contributed by atoms with Gasteiger partial charge in [-0.1, -0.05) is 26.0 Å². The Bertz CT molecular complexity index is 441. The molecule has 0 unspecified atom stereocenters. The van der Waals surface area contributed by atoms with E-state index in [0.29, 0.717) is 6.54 Å². The van der Waals surface area contributed by atoms with E-state index in [1.165, 1.54) is 18.2 Å². The highest BCUT2D eigenvalue weighted by Crippen LogP contribution is 2.34. The second-order valence-corrected chi connectivity index (χ2v) is 4.40. The lowest BCUT2D eigenvalue weighted by Crippen LogP contribution is -2.37. The standard InChI is InChI=1S/C12H17F3N4/c1-8(2)7-17-11(19-16)18-10-6-4-3-5-9(10)12(13,14)15/h3-6,8H,7,16H2,1-2H3,(H2,17,18,19). The molecule has 7 heteroatoms. The average molecular weight is 274 g/mol. The summed E-state index contributed by atoms with van der Waals surface area (Å²) < 4.78 is 38.4. The first-order valence-corrected chi connectivity index (χ1v) is 5.79. The number of hydrazine groups is 1. The lowest BCUT2D eigenvalue weighted by atomic mass is 10.1. The molecule has 0 aliphatic heterocycles. The highest BCUT2D eigenvalue weighted by Gasteiger charge is 2.33. The molecule has 1 aromatic rings. The SMILES string of the molecule is CC(C)CN=C(NN)Nc1ccccc1C(F)(F)F. The minimum absolute atomic E-state index is 0.0875. The smallest absolute Gasteiger partial charge is 0.325 e. The molecule has 106 valence electrons. The molecule has 19 heavy (non-hydrogen) atoms. The number of alkyl halides is 3. The van der Waals surface area contributed by atoms with Crippen LogP contribution in [0.1, 0.15) is 19.4 Å². The first-order chi connectivity index (χ1) is 8.84. The summed E-state index contributed by atoms with van der Waals surface area (Å²) in [6.45, 7) is 4.35. The molecule has 0 atom stereocenters. The van der Waals surface area contributed by atoms with Crippen molar-refractivity contribution < 1.29 is 13.2 Å². The topological polar surface area (TPSA) is 62.4 Å². The zero-order valence-corrected chi connectivity index (χ0v) is 10.8. The number of nitrogens with two attached hydrogens (primary N) is 1. The molecule has 0 bridgehead atoms. The van der Waals surface area contributed by atoms with Crippen molar-refractivity contribution >= 4 is 11.6 Å². The number of nitrogens with one attached hydrogen (secondary N) is 2. The summed E-state index contributed by atoms with van der Waals surface area (Å²) in [5.41, 5.74) is 1.41. The van der Waals surface area contributed by atoms with Crippen LogP contribution in [0.2, 0.25) is 0 Å². The predicted octanol–water partition coefficient (Wildman–Crippen LogP) is 2.59. The summed E-state index contributed by atoms with van der Waals surface area (Å²) in [7, 11) is 0. The summed E-state index contributed by atoms with van der Waals surface area (Å²) in [6, 6.07) is 5.16. The second-order valence-electron chi connectivity index (χ2n) is 4.40. The normalized spacial score (nSPS) is 12.7. The molecule has 0 heterocycles. The maximum Gasteiger partial charge on any atom is 0.418 e. The number of halogens is 3. The van der Waals surface area contributed by atoms with Gasteiger partial charge in [0, 0.05) is 6.54 Å². The minimum atomic E-state index is -4.43. The van der Waals surface area contributed by atoms with Gasteiger partial charge in [0.15, 0.2) is 0 Å². The molecule has 0 aromatic heterocycles. The Morgan fingerprint density at radius 2 is 1.95 bits per heavy atom. The van der Waals surface area contributed by atoms with Gasteiger partial charge in [-0.2, -0.15) is 13.2 Å².